The second kappa shape index (κ2) is 2.09. The predicted molar refractivity (Wildman–Crippen MR) is 42.4 cm³/mol. The van der Waals surface area contributed by atoms with Gasteiger partial charge in [-0.3, -0.25) is 4.79 Å². The second-order valence-corrected chi connectivity index (χ2v) is 2.85. The Hall–Kier alpha value is -1.31. The standard InChI is InChI=1S/C9H9NO/c10-9(11)8-4-2-6-1-3-7(6)5-8/h2,4-5H,1,3H2,(H2,10,11). The Labute approximate surface area is 65.0 Å². The molecule has 1 aliphatic rings. The largest absolute Gasteiger partial charge is 0.366 e. The Kier molecular flexibility index (Phi) is 1.22. The molecule has 0 atom stereocenters. The van der Waals surface area contributed by atoms with Crippen LogP contribution in [0, 0.1) is 0 Å². The first kappa shape index (κ1) is 6.40. The van der Waals surface area contributed by atoms with Gasteiger partial charge in [0, 0.05) is 5.56 Å². The molecule has 2 N–H and O–H groups in total. The zero-order chi connectivity index (χ0) is 7.84. The third-order valence-electron chi connectivity index (χ3n) is 2.15. The van der Waals surface area contributed by atoms with Crippen LogP contribution in [0.15, 0.2) is 18.2 Å². The third kappa shape index (κ3) is 0.909. The van der Waals surface area contributed by atoms with Crippen molar-refractivity contribution in [2.45, 2.75) is 12.8 Å². The molecule has 0 fully saturated rings. The maximum absolute atomic E-state index is 10.7. The molecule has 0 saturated heterocycles. The Bertz CT molecular complexity index is 317. The highest BCUT2D eigenvalue weighted by Crippen LogP contribution is 2.23. The topological polar surface area (TPSA) is 43.1 Å². The average Bonchev–Trinajstić information content (AvgIpc) is 1.91. The Balaban J connectivity index is 2.46. The molecule has 0 bridgehead atoms. The number of fused-ring (bicyclic) bond motifs is 1. The van der Waals surface area contributed by atoms with Gasteiger partial charge in [-0.05, 0) is 36.1 Å². The molecule has 1 aromatic rings. The first-order valence-corrected chi connectivity index (χ1v) is 3.69. The lowest BCUT2D eigenvalue weighted by Crippen LogP contribution is -2.15. The van der Waals surface area contributed by atoms with Gasteiger partial charge in [-0.1, -0.05) is 6.07 Å². The van der Waals surface area contributed by atoms with E-state index in [9.17, 15) is 4.79 Å². The van der Waals surface area contributed by atoms with Crippen LogP contribution in [0.2, 0.25) is 0 Å². The summed E-state index contributed by atoms with van der Waals surface area (Å²) in [7, 11) is 0. The van der Waals surface area contributed by atoms with E-state index in [1.807, 2.05) is 12.1 Å². The molecule has 11 heavy (non-hydrogen) atoms. The van der Waals surface area contributed by atoms with Crippen LogP contribution in [0.25, 0.3) is 0 Å². The number of aryl methyl sites for hydroxylation is 2. The van der Waals surface area contributed by atoms with Gasteiger partial charge in [0.2, 0.25) is 5.91 Å². The van der Waals surface area contributed by atoms with Crippen LogP contribution in [-0.4, -0.2) is 5.91 Å². The van der Waals surface area contributed by atoms with Crippen LogP contribution in [0.1, 0.15) is 21.5 Å². The number of nitrogens with two attached hydrogens (primary N) is 1. The van der Waals surface area contributed by atoms with Crippen LogP contribution in [0.5, 0.6) is 0 Å². The lowest BCUT2D eigenvalue weighted by atomic mass is 9.87. The van der Waals surface area contributed by atoms with Crippen molar-refractivity contribution < 1.29 is 4.79 Å². The van der Waals surface area contributed by atoms with Gasteiger partial charge in [0.05, 0.1) is 0 Å². The van der Waals surface area contributed by atoms with E-state index in [0.29, 0.717) is 5.56 Å². The molecule has 1 amide bonds. The number of primary amides is 1. The SMILES string of the molecule is NC(=O)c1ccc2c(c1)CC2. The van der Waals surface area contributed by atoms with Gasteiger partial charge in [0.25, 0.3) is 0 Å². The summed E-state index contributed by atoms with van der Waals surface area (Å²) in [5.41, 5.74) is 8.38. The third-order valence-corrected chi connectivity index (χ3v) is 2.15. The lowest BCUT2D eigenvalue weighted by Gasteiger charge is -2.18. The second-order valence-electron chi connectivity index (χ2n) is 2.85. The van der Waals surface area contributed by atoms with Crippen LogP contribution >= 0.6 is 0 Å². The van der Waals surface area contributed by atoms with Crippen molar-refractivity contribution in [1.29, 1.82) is 0 Å². The minimum absolute atomic E-state index is 0.334. The molecule has 1 aliphatic carbocycles. The van der Waals surface area contributed by atoms with Crippen LogP contribution in [0.3, 0.4) is 0 Å². The summed E-state index contributed by atoms with van der Waals surface area (Å²) < 4.78 is 0. The number of rotatable bonds is 1. The van der Waals surface area contributed by atoms with Crippen LogP contribution in [-0.2, 0) is 12.8 Å². The smallest absolute Gasteiger partial charge is 0.248 e. The fraction of sp³-hybridized carbons (Fsp3) is 0.222. The van der Waals surface area contributed by atoms with E-state index in [4.69, 9.17) is 5.73 Å². The Morgan fingerprint density at radius 1 is 1.27 bits per heavy atom. The predicted octanol–water partition coefficient (Wildman–Crippen LogP) is 0.884. The number of carbonyl (C=O) groups excluding carboxylic acids is 1. The summed E-state index contributed by atoms with van der Waals surface area (Å²) in [6, 6.07) is 5.67. The summed E-state index contributed by atoms with van der Waals surface area (Å²) in [4.78, 5) is 10.7. The number of benzene rings is 1. The summed E-state index contributed by atoms with van der Waals surface area (Å²) in [6.07, 6.45) is 2.24. The molecular formula is C9H9NO. The first-order valence-electron chi connectivity index (χ1n) is 3.69. The van der Waals surface area contributed by atoms with E-state index in [0.717, 1.165) is 12.8 Å². The van der Waals surface area contributed by atoms with E-state index < -0.39 is 0 Å². The normalized spacial score (nSPS) is 13.5. The van der Waals surface area contributed by atoms with E-state index in [1.54, 1.807) is 6.07 Å². The molecule has 0 aromatic heterocycles. The summed E-state index contributed by atoms with van der Waals surface area (Å²) in [5.74, 6) is -0.334. The molecule has 0 radical (unpaired) electrons. The highest BCUT2D eigenvalue weighted by atomic mass is 16.1. The molecule has 2 rings (SSSR count). The molecule has 0 spiro atoms. The van der Waals surface area contributed by atoms with Gasteiger partial charge in [0.15, 0.2) is 0 Å². The fourth-order valence-electron chi connectivity index (χ4n) is 1.35. The van der Waals surface area contributed by atoms with E-state index >= 15 is 0 Å². The number of hydrogen-bond donors (Lipinski definition) is 1. The Morgan fingerprint density at radius 3 is 2.45 bits per heavy atom. The van der Waals surface area contributed by atoms with Gasteiger partial charge < -0.3 is 5.73 Å². The summed E-state index contributed by atoms with van der Waals surface area (Å²) in [6.45, 7) is 0. The molecule has 0 unspecified atom stereocenters. The quantitative estimate of drug-likeness (QED) is 0.629. The molecule has 0 heterocycles. The molecule has 0 saturated carbocycles. The zero-order valence-corrected chi connectivity index (χ0v) is 6.13. The van der Waals surface area contributed by atoms with E-state index in [-0.39, 0.29) is 5.91 Å². The maximum atomic E-state index is 10.7. The van der Waals surface area contributed by atoms with Crippen LogP contribution < -0.4 is 5.73 Å². The molecule has 1 aromatic carbocycles. The zero-order valence-electron chi connectivity index (χ0n) is 6.13. The summed E-state index contributed by atoms with van der Waals surface area (Å²) in [5, 5.41) is 0. The van der Waals surface area contributed by atoms with Gasteiger partial charge in [0.1, 0.15) is 0 Å². The molecule has 2 heteroatoms. The van der Waals surface area contributed by atoms with Crippen molar-refractivity contribution in [1.82, 2.24) is 0 Å². The van der Waals surface area contributed by atoms with Gasteiger partial charge in [-0.15, -0.1) is 0 Å². The number of hydrogen-bond acceptors (Lipinski definition) is 1. The number of carbonyl (C=O) groups is 1. The van der Waals surface area contributed by atoms with Crippen molar-refractivity contribution in [3.63, 3.8) is 0 Å². The van der Waals surface area contributed by atoms with Crippen molar-refractivity contribution in [2.24, 2.45) is 5.73 Å². The lowest BCUT2D eigenvalue weighted by molar-refractivity contribution is 0.1000. The van der Waals surface area contributed by atoms with Crippen molar-refractivity contribution in [3.05, 3.63) is 34.9 Å². The monoisotopic (exact) mass is 147 g/mol. The van der Waals surface area contributed by atoms with Gasteiger partial charge in [-0.2, -0.15) is 0 Å². The van der Waals surface area contributed by atoms with Gasteiger partial charge >= 0.3 is 0 Å². The van der Waals surface area contributed by atoms with Gasteiger partial charge in [-0.25, -0.2) is 0 Å². The molecule has 0 aliphatic heterocycles. The fourth-order valence-corrected chi connectivity index (χ4v) is 1.35. The van der Waals surface area contributed by atoms with Crippen LogP contribution in [0.4, 0.5) is 0 Å². The summed E-state index contributed by atoms with van der Waals surface area (Å²) >= 11 is 0. The Morgan fingerprint density at radius 2 is 2.00 bits per heavy atom. The number of amides is 1. The average molecular weight is 147 g/mol. The maximum Gasteiger partial charge on any atom is 0.248 e. The molecule has 56 valence electrons. The minimum atomic E-state index is -0.334. The highest BCUT2D eigenvalue weighted by molar-refractivity contribution is 5.93. The van der Waals surface area contributed by atoms with Crippen molar-refractivity contribution in [3.8, 4) is 0 Å². The molecular weight excluding hydrogens is 138 g/mol. The van der Waals surface area contributed by atoms with E-state index in [2.05, 4.69) is 0 Å². The first-order chi connectivity index (χ1) is 5.27. The van der Waals surface area contributed by atoms with Crippen molar-refractivity contribution in [2.75, 3.05) is 0 Å². The van der Waals surface area contributed by atoms with Crippen molar-refractivity contribution >= 4 is 5.91 Å². The van der Waals surface area contributed by atoms with E-state index in [1.165, 1.54) is 11.1 Å². The molecule has 2 nitrogen and oxygen atoms in total. The minimum Gasteiger partial charge on any atom is -0.366 e. The highest BCUT2D eigenvalue weighted by Gasteiger charge is 2.13.